The number of hydrogen-bond acceptors (Lipinski definition) is 5. The Hall–Kier alpha value is -1.07. The van der Waals surface area contributed by atoms with Gasteiger partial charge in [-0.3, -0.25) is 19.3 Å². The molecule has 0 saturated carbocycles. The van der Waals surface area contributed by atoms with E-state index in [2.05, 4.69) is 0 Å². The molecule has 104 valence electrons. The summed E-state index contributed by atoms with van der Waals surface area (Å²) >= 11 is 0. The highest BCUT2D eigenvalue weighted by atomic mass is 16.1. The number of ketones is 3. The van der Waals surface area contributed by atoms with Crippen LogP contribution >= 0.6 is 0 Å². The van der Waals surface area contributed by atoms with Crippen molar-refractivity contribution in [2.45, 2.75) is 46.1 Å². The molecular weight excluding hydrogens is 232 g/mol. The van der Waals surface area contributed by atoms with Gasteiger partial charge in [-0.1, -0.05) is 6.42 Å². The first kappa shape index (κ1) is 16.9. The van der Waals surface area contributed by atoms with Gasteiger partial charge in [-0.15, -0.1) is 0 Å². The largest absolute Gasteiger partial charge is 0.330 e. The third-order valence-corrected chi connectivity index (χ3v) is 2.69. The van der Waals surface area contributed by atoms with Crippen molar-refractivity contribution in [3.05, 3.63) is 0 Å². The maximum atomic E-state index is 11.6. The molecule has 5 nitrogen and oxygen atoms in total. The van der Waals surface area contributed by atoms with Crippen LogP contribution in [0.5, 0.6) is 0 Å². The van der Waals surface area contributed by atoms with Crippen LogP contribution in [0.2, 0.25) is 0 Å². The van der Waals surface area contributed by atoms with Gasteiger partial charge in [-0.2, -0.15) is 0 Å². The number of hydrogen-bond donors (Lipinski definition) is 1. The van der Waals surface area contributed by atoms with Crippen LogP contribution < -0.4 is 5.73 Å². The standard InChI is InChI=1S/C13H24N2O3/c1-10(16)8-15(9-11(2)17)13(12(3)18)6-4-5-7-14/h13H,4-9,14H2,1-3H3. The molecule has 2 N–H and O–H groups in total. The average Bonchev–Trinajstić information content (AvgIpc) is 2.21. The quantitative estimate of drug-likeness (QED) is 0.577. The van der Waals surface area contributed by atoms with Crippen molar-refractivity contribution in [1.82, 2.24) is 4.90 Å². The van der Waals surface area contributed by atoms with Gasteiger partial charge in [0.15, 0.2) is 0 Å². The van der Waals surface area contributed by atoms with Crippen LogP contribution in [0.25, 0.3) is 0 Å². The SMILES string of the molecule is CC(=O)CN(CC(C)=O)C(CCCCN)C(C)=O. The van der Waals surface area contributed by atoms with E-state index in [1.807, 2.05) is 0 Å². The van der Waals surface area contributed by atoms with Crippen LogP contribution in [0.1, 0.15) is 40.0 Å². The highest BCUT2D eigenvalue weighted by Crippen LogP contribution is 2.10. The third-order valence-electron chi connectivity index (χ3n) is 2.69. The fourth-order valence-electron chi connectivity index (χ4n) is 1.97. The normalized spacial score (nSPS) is 12.5. The summed E-state index contributed by atoms with van der Waals surface area (Å²) in [5.74, 6) is -0.0860. The maximum absolute atomic E-state index is 11.6. The lowest BCUT2D eigenvalue weighted by molar-refractivity contribution is -0.127. The number of unbranched alkanes of at least 4 members (excludes halogenated alkanes) is 1. The zero-order valence-corrected chi connectivity index (χ0v) is 11.6. The second-order valence-electron chi connectivity index (χ2n) is 4.72. The van der Waals surface area contributed by atoms with Crippen LogP contribution in [-0.2, 0) is 14.4 Å². The van der Waals surface area contributed by atoms with Crippen LogP contribution in [0.3, 0.4) is 0 Å². The molecule has 0 amide bonds. The number of nitrogens with two attached hydrogens (primary N) is 1. The molecular formula is C13H24N2O3. The predicted octanol–water partition coefficient (Wildman–Crippen LogP) is 0.553. The predicted molar refractivity (Wildman–Crippen MR) is 70.3 cm³/mol. The fourth-order valence-corrected chi connectivity index (χ4v) is 1.97. The summed E-state index contributed by atoms with van der Waals surface area (Å²) in [6.07, 6.45) is 2.32. The Kier molecular flexibility index (Phi) is 8.41. The monoisotopic (exact) mass is 256 g/mol. The molecule has 5 heteroatoms. The lowest BCUT2D eigenvalue weighted by Crippen LogP contribution is -2.45. The van der Waals surface area contributed by atoms with E-state index in [1.165, 1.54) is 20.8 Å². The van der Waals surface area contributed by atoms with Gasteiger partial charge in [0, 0.05) is 0 Å². The zero-order chi connectivity index (χ0) is 14.1. The summed E-state index contributed by atoms with van der Waals surface area (Å²) in [4.78, 5) is 35.7. The highest BCUT2D eigenvalue weighted by molar-refractivity contribution is 5.85. The van der Waals surface area contributed by atoms with Crippen LogP contribution in [0, 0.1) is 0 Å². The second-order valence-corrected chi connectivity index (χ2v) is 4.72. The smallest absolute Gasteiger partial charge is 0.146 e. The summed E-state index contributed by atoms with van der Waals surface area (Å²) in [7, 11) is 0. The lowest BCUT2D eigenvalue weighted by Gasteiger charge is -2.28. The molecule has 0 aromatic heterocycles. The molecule has 0 aliphatic carbocycles. The Labute approximate surface area is 109 Å². The summed E-state index contributed by atoms with van der Waals surface area (Å²) in [6.45, 7) is 5.30. The average molecular weight is 256 g/mol. The first-order chi connectivity index (χ1) is 8.38. The van der Waals surface area contributed by atoms with Crippen molar-refractivity contribution in [3.8, 4) is 0 Å². The number of carbonyl (C=O) groups excluding carboxylic acids is 3. The maximum Gasteiger partial charge on any atom is 0.146 e. The molecule has 0 aromatic rings. The van der Waals surface area contributed by atoms with Gasteiger partial charge >= 0.3 is 0 Å². The minimum absolute atomic E-state index is 0.00507. The van der Waals surface area contributed by atoms with Gasteiger partial charge in [-0.05, 0) is 40.2 Å². The van der Waals surface area contributed by atoms with Crippen LogP contribution in [0.15, 0.2) is 0 Å². The molecule has 0 aliphatic rings. The van der Waals surface area contributed by atoms with Crippen LogP contribution in [0.4, 0.5) is 0 Å². The number of rotatable bonds is 10. The van der Waals surface area contributed by atoms with E-state index in [-0.39, 0.29) is 36.5 Å². The minimum Gasteiger partial charge on any atom is -0.330 e. The first-order valence-electron chi connectivity index (χ1n) is 6.32. The van der Waals surface area contributed by atoms with Crippen molar-refractivity contribution < 1.29 is 14.4 Å². The molecule has 18 heavy (non-hydrogen) atoms. The third kappa shape index (κ3) is 7.29. The van der Waals surface area contributed by atoms with Crippen molar-refractivity contribution in [1.29, 1.82) is 0 Å². The Bertz CT molecular complexity index is 287. The van der Waals surface area contributed by atoms with Crippen molar-refractivity contribution >= 4 is 17.3 Å². The Morgan fingerprint density at radius 1 is 1.00 bits per heavy atom. The van der Waals surface area contributed by atoms with E-state index in [1.54, 1.807) is 4.90 Å². The Morgan fingerprint density at radius 3 is 1.83 bits per heavy atom. The number of carbonyl (C=O) groups is 3. The summed E-state index contributed by atoms with van der Waals surface area (Å²) in [5, 5.41) is 0. The zero-order valence-electron chi connectivity index (χ0n) is 11.6. The van der Waals surface area contributed by atoms with E-state index < -0.39 is 0 Å². The van der Waals surface area contributed by atoms with Gasteiger partial charge in [0.25, 0.3) is 0 Å². The van der Waals surface area contributed by atoms with Gasteiger partial charge < -0.3 is 5.73 Å². The van der Waals surface area contributed by atoms with Crippen molar-refractivity contribution in [3.63, 3.8) is 0 Å². The van der Waals surface area contributed by atoms with Gasteiger partial charge in [0.1, 0.15) is 17.3 Å². The lowest BCUT2D eigenvalue weighted by atomic mass is 10.0. The topological polar surface area (TPSA) is 80.5 Å². The molecule has 0 rings (SSSR count). The van der Waals surface area contributed by atoms with E-state index >= 15 is 0 Å². The molecule has 0 fully saturated rings. The Morgan fingerprint density at radius 2 is 1.50 bits per heavy atom. The number of nitrogens with zero attached hydrogens (tertiary/aromatic N) is 1. The minimum atomic E-state index is -0.357. The molecule has 1 atom stereocenters. The van der Waals surface area contributed by atoms with Crippen LogP contribution in [-0.4, -0.2) is 47.9 Å². The fraction of sp³-hybridized carbons (Fsp3) is 0.769. The van der Waals surface area contributed by atoms with Crippen molar-refractivity contribution in [2.24, 2.45) is 5.73 Å². The molecule has 0 radical (unpaired) electrons. The molecule has 0 aliphatic heterocycles. The first-order valence-corrected chi connectivity index (χ1v) is 6.32. The van der Waals surface area contributed by atoms with Crippen molar-refractivity contribution in [2.75, 3.05) is 19.6 Å². The van der Waals surface area contributed by atoms with Gasteiger partial charge in [-0.25, -0.2) is 0 Å². The molecule has 0 saturated heterocycles. The van der Waals surface area contributed by atoms with E-state index in [9.17, 15) is 14.4 Å². The van der Waals surface area contributed by atoms with E-state index in [0.29, 0.717) is 13.0 Å². The highest BCUT2D eigenvalue weighted by Gasteiger charge is 2.24. The summed E-state index contributed by atoms with van der Waals surface area (Å²) in [5.41, 5.74) is 5.42. The molecule has 0 bridgehead atoms. The van der Waals surface area contributed by atoms with E-state index in [0.717, 1.165) is 12.8 Å². The molecule has 0 aromatic carbocycles. The van der Waals surface area contributed by atoms with E-state index in [4.69, 9.17) is 5.73 Å². The molecule has 0 spiro atoms. The van der Waals surface area contributed by atoms with Gasteiger partial charge in [0.2, 0.25) is 0 Å². The summed E-state index contributed by atoms with van der Waals surface area (Å²) < 4.78 is 0. The summed E-state index contributed by atoms with van der Waals surface area (Å²) in [6, 6.07) is -0.357. The molecule has 0 heterocycles. The van der Waals surface area contributed by atoms with Gasteiger partial charge in [0.05, 0.1) is 19.1 Å². The number of Topliss-reactive ketones (excluding diaryl/α,β-unsaturated/α-hetero) is 3. The molecule has 1 unspecified atom stereocenters. The Balaban J connectivity index is 4.67. The second kappa shape index (κ2) is 8.94.